The number of aryl methyl sites for hydroxylation is 2. The van der Waals surface area contributed by atoms with Gasteiger partial charge in [-0.1, -0.05) is 24.8 Å². The number of aromatic nitrogens is 3. The van der Waals surface area contributed by atoms with E-state index < -0.39 is 29.9 Å². The molecule has 0 saturated carbocycles. The number of alkyl halides is 4. The Morgan fingerprint density at radius 1 is 1.23 bits per heavy atom. The summed E-state index contributed by atoms with van der Waals surface area (Å²) in [6.45, 7) is 7.91. The lowest BCUT2D eigenvalue weighted by Crippen LogP contribution is -2.46. The largest absolute Gasteiger partial charge is 0.417 e. The molecular formula is C28H30F4N6O. The van der Waals surface area contributed by atoms with Crippen LogP contribution < -0.4 is 10.6 Å². The van der Waals surface area contributed by atoms with E-state index in [1.165, 1.54) is 6.08 Å². The number of nitrogens with zero attached hydrogens (tertiary/aromatic N) is 4. The number of carbonyl (C=O) groups is 1. The number of likely N-dealkylation sites (tertiary alicyclic amines) is 1. The fourth-order valence-electron chi connectivity index (χ4n) is 4.34. The number of halogens is 4. The van der Waals surface area contributed by atoms with Crippen LogP contribution in [0.3, 0.4) is 0 Å². The summed E-state index contributed by atoms with van der Waals surface area (Å²) in [5.74, 6) is -0.458. The Kier molecular flexibility index (Phi) is 8.29. The lowest BCUT2D eigenvalue weighted by molar-refractivity contribution is -0.0688. The summed E-state index contributed by atoms with van der Waals surface area (Å²) in [7, 11) is 1.84. The van der Waals surface area contributed by atoms with Crippen LogP contribution in [0.4, 0.5) is 23.2 Å². The normalized spacial score (nSPS) is 18.4. The highest BCUT2D eigenvalue weighted by Crippen LogP contribution is 2.37. The Balaban J connectivity index is 1.62. The maximum atomic E-state index is 14.7. The fourth-order valence-corrected chi connectivity index (χ4v) is 4.34. The summed E-state index contributed by atoms with van der Waals surface area (Å²) in [5.41, 5.74) is 0.898. The van der Waals surface area contributed by atoms with Crippen molar-refractivity contribution in [2.24, 2.45) is 0 Å². The van der Waals surface area contributed by atoms with Crippen LogP contribution in [0.25, 0.3) is 22.4 Å². The van der Waals surface area contributed by atoms with Gasteiger partial charge in [-0.15, -0.1) is 0 Å². The molecule has 2 atom stereocenters. The van der Waals surface area contributed by atoms with Gasteiger partial charge in [0.2, 0.25) is 5.82 Å². The van der Waals surface area contributed by atoms with Crippen molar-refractivity contribution in [1.82, 2.24) is 25.2 Å². The zero-order valence-electron chi connectivity index (χ0n) is 21.9. The molecule has 4 rings (SSSR count). The number of fused-ring (bicyclic) bond motifs is 1. The number of pyridine rings is 1. The van der Waals surface area contributed by atoms with Gasteiger partial charge in [-0.05, 0) is 51.1 Å². The summed E-state index contributed by atoms with van der Waals surface area (Å²) < 4.78 is 55.8. The van der Waals surface area contributed by atoms with E-state index in [1.54, 1.807) is 43.5 Å². The topological polar surface area (TPSA) is 83.0 Å². The quantitative estimate of drug-likeness (QED) is 0.404. The van der Waals surface area contributed by atoms with Crippen molar-refractivity contribution < 1.29 is 22.4 Å². The molecule has 2 aromatic heterocycles. The molecule has 1 amide bonds. The van der Waals surface area contributed by atoms with Crippen molar-refractivity contribution in [1.29, 1.82) is 0 Å². The first-order valence-corrected chi connectivity index (χ1v) is 12.5. The number of rotatable bonds is 7. The van der Waals surface area contributed by atoms with Crippen LogP contribution >= 0.6 is 0 Å². The second kappa shape index (κ2) is 11.5. The first kappa shape index (κ1) is 28.2. The van der Waals surface area contributed by atoms with Crippen molar-refractivity contribution in [3.63, 3.8) is 0 Å². The van der Waals surface area contributed by atoms with Gasteiger partial charge in [0.25, 0.3) is 5.91 Å². The lowest BCUT2D eigenvalue weighted by Gasteiger charge is -2.33. The SMILES string of the molecule is C=C(c1nc(/C=C/CNC(=O)c2ncc(C)c(C)n2)cc2c(N[C@@H]3CCN(C)C[C@@H]3F)cccc12)C(F)(F)F. The van der Waals surface area contributed by atoms with Gasteiger partial charge in [0.05, 0.1) is 23.0 Å². The van der Waals surface area contributed by atoms with Gasteiger partial charge >= 0.3 is 6.18 Å². The average molecular weight is 543 g/mol. The number of amides is 1. The van der Waals surface area contributed by atoms with Crippen LogP contribution in [-0.2, 0) is 0 Å². The smallest absolute Gasteiger partial charge is 0.379 e. The van der Waals surface area contributed by atoms with Gasteiger partial charge in [-0.25, -0.2) is 19.3 Å². The van der Waals surface area contributed by atoms with Gasteiger partial charge in [0.1, 0.15) is 6.17 Å². The molecule has 7 nitrogen and oxygen atoms in total. The van der Waals surface area contributed by atoms with Crippen molar-refractivity contribution in [2.75, 3.05) is 32.0 Å². The van der Waals surface area contributed by atoms with Gasteiger partial charge in [-0.3, -0.25) is 4.79 Å². The molecule has 2 N–H and O–H groups in total. The van der Waals surface area contributed by atoms with Crippen LogP contribution in [0.5, 0.6) is 0 Å². The summed E-state index contributed by atoms with van der Waals surface area (Å²) >= 11 is 0. The number of hydrogen-bond donors (Lipinski definition) is 2. The van der Waals surface area contributed by atoms with Crippen molar-refractivity contribution in [3.05, 3.63) is 71.6 Å². The molecule has 1 aliphatic heterocycles. The molecule has 1 aromatic carbocycles. The molecule has 0 bridgehead atoms. The van der Waals surface area contributed by atoms with E-state index in [9.17, 15) is 22.4 Å². The molecule has 1 fully saturated rings. The highest BCUT2D eigenvalue weighted by atomic mass is 19.4. The minimum absolute atomic E-state index is 0.0230. The van der Waals surface area contributed by atoms with Gasteiger partial charge in [0, 0.05) is 48.0 Å². The molecule has 1 aliphatic rings. The van der Waals surface area contributed by atoms with E-state index in [-0.39, 0.29) is 35.7 Å². The van der Waals surface area contributed by atoms with Crippen LogP contribution in [0.15, 0.2) is 43.1 Å². The second-order valence-electron chi connectivity index (χ2n) is 9.66. The van der Waals surface area contributed by atoms with Crippen LogP contribution in [0.1, 0.15) is 39.7 Å². The molecule has 0 radical (unpaired) electrons. The van der Waals surface area contributed by atoms with Crippen LogP contribution in [0.2, 0.25) is 0 Å². The first-order valence-electron chi connectivity index (χ1n) is 12.5. The lowest BCUT2D eigenvalue weighted by atomic mass is 9.99. The minimum atomic E-state index is -4.69. The van der Waals surface area contributed by atoms with E-state index in [1.807, 2.05) is 18.9 Å². The number of hydrogen-bond acceptors (Lipinski definition) is 6. The highest BCUT2D eigenvalue weighted by Gasteiger charge is 2.35. The molecule has 206 valence electrons. The molecule has 0 aliphatic carbocycles. The molecule has 11 heteroatoms. The molecule has 0 unspecified atom stereocenters. The number of piperidine rings is 1. The maximum absolute atomic E-state index is 14.7. The average Bonchev–Trinajstić information content (AvgIpc) is 2.88. The van der Waals surface area contributed by atoms with E-state index in [2.05, 4.69) is 32.2 Å². The number of carbonyl (C=O) groups excluding carboxylic acids is 1. The van der Waals surface area contributed by atoms with E-state index in [0.29, 0.717) is 29.7 Å². The fraction of sp³-hybridized carbons (Fsp3) is 0.357. The monoisotopic (exact) mass is 542 g/mol. The number of allylic oxidation sites excluding steroid dienone is 1. The summed E-state index contributed by atoms with van der Waals surface area (Å²) in [4.78, 5) is 26.7. The van der Waals surface area contributed by atoms with Crippen molar-refractivity contribution in [2.45, 2.75) is 38.7 Å². The number of benzene rings is 1. The predicted octanol–water partition coefficient (Wildman–Crippen LogP) is 5.11. The summed E-state index contributed by atoms with van der Waals surface area (Å²) in [6.07, 6.45) is -0.628. The Labute approximate surface area is 224 Å². The number of nitrogens with one attached hydrogen (secondary N) is 2. The Bertz CT molecular complexity index is 1420. The molecular weight excluding hydrogens is 512 g/mol. The minimum Gasteiger partial charge on any atom is -0.379 e. The van der Waals surface area contributed by atoms with E-state index in [4.69, 9.17) is 0 Å². The number of anilines is 1. The Morgan fingerprint density at radius 3 is 2.69 bits per heavy atom. The molecule has 3 heterocycles. The molecule has 0 spiro atoms. The second-order valence-corrected chi connectivity index (χ2v) is 9.66. The van der Waals surface area contributed by atoms with Crippen LogP contribution in [-0.4, -0.2) is 70.8 Å². The third-order valence-electron chi connectivity index (χ3n) is 6.70. The predicted molar refractivity (Wildman–Crippen MR) is 144 cm³/mol. The molecule has 39 heavy (non-hydrogen) atoms. The summed E-state index contributed by atoms with van der Waals surface area (Å²) in [5, 5.41) is 6.57. The first-order chi connectivity index (χ1) is 18.4. The highest BCUT2D eigenvalue weighted by molar-refractivity contribution is 6.01. The molecule has 1 saturated heterocycles. The van der Waals surface area contributed by atoms with E-state index >= 15 is 0 Å². The molecule has 3 aromatic rings. The van der Waals surface area contributed by atoms with Crippen molar-refractivity contribution >= 4 is 34.0 Å². The van der Waals surface area contributed by atoms with Gasteiger partial charge in [0.15, 0.2) is 0 Å². The summed E-state index contributed by atoms with van der Waals surface area (Å²) in [6, 6.07) is 6.03. The Hall–Kier alpha value is -3.86. The van der Waals surface area contributed by atoms with Crippen LogP contribution in [0, 0.1) is 13.8 Å². The van der Waals surface area contributed by atoms with Gasteiger partial charge < -0.3 is 15.5 Å². The maximum Gasteiger partial charge on any atom is 0.417 e. The van der Waals surface area contributed by atoms with Gasteiger partial charge in [-0.2, -0.15) is 13.2 Å². The third-order valence-corrected chi connectivity index (χ3v) is 6.70. The van der Waals surface area contributed by atoms with Crippen molar-refractivity contribution in [3.8, 4) is 0 Å². The Morgan fingerprint density at radius 2 is 2.00 bits per heavy atom. The zero-order valence-corrected chi connectivity index (χ0v) is 21.9. The third kappa shape index (κ3) is 6.59. The van der Waals surface area contributed by atoms with E-state index in [0.717, 1.165) is 5.56 Å². The standard InChI is InChI=1S/C28H30F4N6O/c1-16-14-34-26(35-18(16)3)27(39)33-11-6-7-19-13-21-20(25(36-19)17(2)28(30,31)32)8-5-9-23(21)37-24-10-12-38(4)15-22(24)29/h5-9,13-14,22,24,37H,2,10-12,15H2,1,3-4H3,(H,33,39)/b7-6+/t22-,24+/m0/s1. The zero-order chi connectivity index (χ0) is 28.3.